The lowest BCUT2D eigenvalue weighted by Gasteiger charge is -2.12. The summed E-state index contributed by atoms with van der Waals surface area (Å²) in [6.45, 7) is 1.80. The Hall–Kier alpha value is -3.62. The van der Waals surface area contributed by atoms with E-state index in [1.165, 1.54) is 10.7 Å². The van der Waals surface area contributed by atoms with E-state index in [1.807, 2.05) is 6.07 Å². The zero-order valence-electron chi connectivity index (χ0n) is 15.2. The highest BCUT2D eigenvalue weighted by molar-refractivity contribution is 5.95. The van der Waals surface area contributed by atoms with Crippen molar-refractivity contribution in [1.29, 1.82) is 0 Å². The average Bonchev–Trinajstić information content (AvgIpc) is 3.30. The van der Waals surface area contributed by atoms with Crippen molar-refractivity contribution < 1.29 is 14.7 Å². The van der Waals surface area contributed by atoms with E-state index in [4.69, 9.17) is 5.73 Å². The molecule has 0 saturated heterocycles. The van der Waals surface area contributed by atoms with E-state index >= 15 is 0 Å². The molecule has 2 aromatic heterocycles. The highest BCUT2D eigenvalue weighted by Crippen LogP contribution is 2.39. The van der Waals surface area contributed by atoms with Crippen molar-refractivity contribution in [2.24, 2.45) is 5.73 Å². The first-order valence-corrected chi connectivity index (χ1v) is 8.97. The maximum atomic E-state index is 12.5. The van der Waals surface area contributed by atoms with Gasteiger partial charge in [0, 0.05) is 23.7 Å². The third-order valence-corrected chi connectivity index (χ3v) is 4.84. The van der Waals surface area contributed by atoms with E-state index in [1.54, 1.807) is 31.2 Å². The molecule has 0 spiro atoms. The van der Waals surface area contributed by atoms with Gasteiger partial charge < -0.3 is 16.2 Å². The number of amides is 2. The van der Waals surface area contributed by atoms with E-state index in [0.29, 0.717) is 17.4 Å². The SMILES string of the molecule is CC(C(=O)Nc1cc(C2CC2)[nH]n1)c1ccc(-n2nc(C(N)=O)cc2O)cc1. The van der Waals surface area contributed by atoms with Gasteiger partial charge in [0.05, 0.1) is 11.6 Å². The molecule has 4 rings (SSSR count). The van der Waals surface area contributed by atoms with Gasteiger partial charge in [-0.15, -0.1) is 0 Å². The van der Waals surface area contributed by atoms with E-state index in [2.05, 4.69) is 20.6 Å². The number of primary amides is 1. The minimum atomic E-state index is -0.723. The van der Waals surface area contributed by atoms with Gasteiger partial charge in [0.2, 0.25) is 11.8 Å². The van der Waals surface area contributed by atoms with Crippen LogP contribution in [-0.2, 0) is 4.79 Å². The lowest BCUT2D eigenvalue weighted by Crippen LogP contribution is -2.19. The summed E-state index contributed by atoms with van der Waals surface area (Å²) in [7, 11) is 0. The molecule has 1 fully saturated rings. The molecule has 1 saturated carbocycles. The zero-order valence-corrected chi connectivity index (χ0v) is 15.2. The van der Waals surface area contributed by atoms with Crippen molar-refractivity contribution in [2.45, 2.75) is 31.6 Å². The minimum Gasteiger partial charge on any atom is -0.493 e. The summed E-state index contributed by atoms with van der Waals surface area (Å²) in [5.74, 6) is -0.425. The van der Waals surface area contributed by atoms with Crippen LogP contribution in [0.4, 0.5) is 5.82 Å². The Morgan fingerprint density at radius 2 is 2.00 bits per heavy atom. The number of carbonyl (C=O) groups excluding carboxylic acids is 2. The Morgan fingerprint density at radius 1 is 1.29 bits per heavy atom. The second kappa shape index (κ2) is 6.84. The molecule has 5 N–H and O–H groups in total. The molecule has 28 heavy (non-hydrogen) atoms. The van der Waals surface area contributed by atoms with Gasteiger partial charge in [-0.05, 0) is 37.5 Å². The quantitative estimate of drug-likeness (QED) is 0.518. The second-order valence-electron chi connectivity index (χ2n) is 6.95. The first-order chi connectivity index (χ1) is 13.4. The van der Waals surface area contributed by atoms with Crippen LogP contribution in [0.1, 0.15) is 53.3 Å². The van der Waals surface area contributed by atoms with Gasteiger partial charge in [0.25, 0.3) is 5.91 Å². The molecular formula is C19H20N6O3. The van der Waals surface area contributed by atoms with E-state index in [9.17, 15) is 14.7 Å². The van der Waals surface area contributed by atoms with Crippen molar-refractivity contribution in [3.63, 3.8) is 0 Å². The molecule has 2 amide bonds. The van der Waals surface area contributed by atoms with E-state index in [0.717, 1.165) is 24.1 Å². The summed E-state index contributed by atoms with van der Waals surface area (Å²) in [5.41, 5.74) is 7.54. The Labute approximate surface area is 160 Å². The maximum Gasteiger partial charge on any atom is 0.269 e. The number of nitrogens with zero attached hydrogens (tertiary/aromatic N) is 3. The zero-order chi connectivity index (χ0) is 19.8. The van der Waals surface area contributed by atoms with Crippen molar-refractivity contribution in [3.8, 4) is 11.6 Å². The number of aromatic hydroxyl groups is 1. The fourth-order valence-electron chi connectivity index (χ4n) is 2.98. The first kappa shape index (κ1) is 17.8. The number of carbonyl (C=O) groups is 2. The van der Waals surface area contributed by atoms with Gasteiger partial charge in [-0.1, -0.05) is 12.1 Å². The van der Waals surface area contributed by atoms with Gasteiger partial charge in [0.1, 0.15) is 0 Å². The molecule has 3 aromatic rings. The second-order valence-corrected chi connectivity index (χ2v) is 6.95. The molecule has 0 aliphatic heterocycles. The van der Waals surface area contributed by atoms with E-state index in [-0.39, 0.29) is 17.5 Å². The fourth-order valence-corrected chi connectivity index (χ4v) is 2.98. The molecule has 0 bridgehead atoms. The summed E-state index contributed by atoms with van der Waals surface area (Å²) >= 11 is 0. The molecule has 2 heterocycles. The minimum absolute atomic E-state index is 0.0288. The third-order valence-electron chi connectivity index (χ3n) is 4.84. The van der Waals surface area contributed by atoms with Crippen LogP contribution < -0.4 is 11.1 Å². The van der Waals surface area contributed by atoms with Gasteiger partial charge >= 0.3 is 0 Å². The number of nitrogens with one attached hydrogen (secondary N) is 2. The number of anilines is 1. The number of hydrogen-bond donors (Lipinski definition) is 4. The van der Waals surface area contributed by atoms with Crippen molar-refractivity contribution in [2.75, 3.05) is 5.32 Å². The van der Waals surface area contributed by atoms with Crippen LogP contribution in [-0.4, -0.2) is 36.9 Å². The number of benzene rings is 1. The third kappa shape index (κ3) is 3.46. The molecule has 1 atom stereocenters. The molecule has 1 aliphatic rings. The van der Waals surface area contributed by atoms with Crippen LogP contribution in [0, 0.1) is 0 Å². The fraction of sp³-hybridized carbons (Fsp3) is 0.263. The monoisotopic (exact) mass is 380 g/mol. The normalized spacial score (nSPS) is 14.6. The van der Waals surface area contributed by atoms with Crippen LogP contribution in [0.3, 0.4) is 0 Å². The summed E-state index contributed by atoms with van der Waals surface area (Å²) in [4.78, 5) is 23.7. The summed E-state index contributed by atoms with van der Waals surface area (Å²) in [5, 5.41) is 23.8. The smallest absolute Gasteiger partial charge is 0.269 e. The highest BCUT2D eigenvalue weighted by Gasteiger charge is 2.26. The van der Waals surface area contributed by atoms with Gasteiger partial charge in [-0.2, -0.15) is 10.2 Å². The largest absolute Gasteiger partial charge is 0.493 e. The van der Waals surface area contributed by atoms with Crippen LogP contribution in [0.2, 0.25) is 0 Å². The standard InChI is InChI=1S/C19H20N6O3/c1-10(19(28)21-16-8-14(22-23-16)12-2-3-12)11-4-6-13(7-5-11)25-17(26)9-15(24-25)18(20)27/h4-10,12,26H,2-3H2,1H3,(H2,20,27)(H2,21,22,23,28). The Bertz CT molecular complexity index is 1030. The number of nitrogens with two attached hydrogens (primary N) is 1. The highest BCUT2D eigenvalue weighted by atomic mass is 16.3. The summed E-state index contributed by atoms with van der Waals surface area (Å²) in [6, 6.07) is 10.0. The predicted octanol–water partition coefficient (Wildman–Crippen LogP) is 2.02. The predicted molar refractivity (Wildman–Crippen MR) is 101 cm³/mol. The van der Waals surface area contributed by atoms with Crippen molar-refractivity contribution in [3.05, 3.63) is 53.3 Å². The number of H-pyrrole nitrogens is 1. The molecule has 144 valence electrons. The van der Waals surface area contributed by atoms with Crippen LogP contribution in [0.15, 0.2) is 36.4 Å². The molecule has 9 heteroatoms. The van der Waals surface area contributed by atoms with Gasteiger partial charge in [-0.25, -0.2) is 4.68 Å². The molecule has 1 aliphatic carbocycles. The van der Waals surface area contributed by atoms with Crippen LogP contribution in [0.5, 0.6) is 5.88 Å². The lowest BCUT2D eigenvalue weighted by molar-refractivity contribution is -0.117. The molecule has 1 unspecified atom stereocenters. The average molecular weight is 380 g/mol. The van der Waals surface area contributed by atoms with Crippen LogP contribution in [0.25, 0.3) is 5.69 Å². The molecular weight excluding hydrogens is 360 g/mol. The van der Waals surface area contributed by atoms with Gasteiger partial charge in [0.15, 0.2) is 11.5 Å². The Balaban J connectivity index is 1.46. The van der Waals surface area contributed by atoms with Crippen molar-refractivity contribution in [1.82, 2.24) is 20.0 Å². The number of aromatic nitrogens is 4. The molecule has 9 nitrogen and oxygen atoms in total. The number of rotatable bonds is 6. The Kier molecular flexibility index (Phi) is 4.34. The van der Waals surface area contributed by atoms with E-state index < -0.39 is 11.8 Å². The van der Waals surface area contributed by atoms with Gasteiger partial charge in [-0.3, -0.25) is 14.7 Å². The summed E-state index contributed by atoms with van der Waals surface area (Å²) in [6.07, 6.45) is 2.32. The van der Waals surface area contributed by atoms with Crippen LogP contribution >= 0.6 is 0 Å². The number of hydrogen-bond acceptors (Lipinski definition) is 5. The van der Waals surface area contributed by atoms with Crippen molar-refractivity contribution >= 4 is 17.6 Å². The molecule has 1 aromatic carbocycles. The first-order valence-electron chi connectivity index (χ1n) is 8.97. The summed E-state index contributed by atoms with van der Waals surface area (Å²) < 4.78 is 1.21. The maximum absolute atomic E-state index is 12.5. The lowest BCUT2D eigenvalue weighted by atomic mass is 10.00. The molecule has 0 radical (unpaired) electrons. The topological polar surface area (TPSA) is 139 Å². The Morgan fingerprint density at radius 3 is 2.61 bits per heavy atom. The number of aromatic amines is 1.